The quantitative estimate of drug-likeness (QED) is 0.550. The van der Waals surface area contributed by atoms with Crippen LogP contribution in [0, 0.1) is 17.0 Å². The van der Waals surface area contributed by atoms with Crippen LogP contribution in [-0.2, 0) is 11.3 Å². The molecule has 32 heavy (non-hydrogen) atoms. The number of likely N-dealkylation sites (N-methyl/N-ethyl adjacent to an activating group) is 1. The Kier molecular flexibility index (Phi) is 6.87. The number of nitro benzene ring substituents is 1. The molecule has 0 spiro atoms. The van der Waals surface area contributed by atoms with Crippen molar-refractivity contribution in [3.63, 3.8) is 0 Å². The van der Waals surface area contributed by atoms with Gasteiger partial charge in [-0.15, -0.1) is 0 Å². The Labute approximate surface area is 186 Å². The van der Waals surface area contributed by atoms with Crippen LogP contribution in [0.1, 0.15) is 44.7 Å². The molecule has 3 rings (SSSR count). The first kappa shape index (κ1) is 22.9. The molecule has 0 aliphatic carbocycles. The smallest absolute Gasteiger partial charge is 0.272 e. The highest BCUT2D eigenvalue weighted by atomic mass is 16.6. The molecule has 0 radical (unpaired) electrons. The van der Waals surface area contributed by atoms with Crippen LogP contribution in [0.4, 0.5) is 5.69 Å². The van der Waals surface area contributed by atoms with E-state index in [9.17, 15) is 24.5 Å². The van der Waals surface area contributed by atoms with Gasteiger partial charge in [0.2, 0.25) is 5.91 Å². The lowest BCUT2D eigenvalue weighted by Gasteiger charge is -2.28. The summed E-state index contributed by atoms with van der Waals surface area (Å²) in [6.07, 6.45) is 1.28. The van der Waals surface area contributed by atoms with Crippen molar-refractivity contribution in [2.45, 2.75) is 32.4 Å². The topological polar surface area (TPSA) is 113 Å². The zero-order chi connectivity index (χ0) is 23.4. The van der Waals surface area contributed by atoms with Crippen molar-refractivity contribution in [2.75, 3.05) is 20.6 Å². The predicted octanol–water partition coefficient (Wildman–Crippen LogP) is 2.53. The number of likely N-dealkylation sites (tertiary alicyclic amines) is 1. The molecule has 1 fully saturated rings. The van der Waals surface area contributed by atoms with E-state index in [4.69, 9.17) is 0 Å². The number of nitrogens with zero attached hydrogens (tertiary/aromatic N) is 3. The van der Waals surface area contributed by atoms with E-state index in [1.165, 1.54) is 18.2 Å². The van der Waals surface area contributed by atoms with Crippen molar-refractivity contribution in [1.82, 2.24) is 15.1 Å². The van der Waals surface area contributed by atoms with Crippen molar-refractivity contribution >= 4 is 23.4 Å². The van der Waals surface area contributed by atoms with Gasteiger partial charge in [-0.1, -0.05) is 12.1 Å². The molecule has 3 amide bonds. The third kappa shape index (κ3) is 4.77. The minimum absolute atomic E-state index is 0.0437. The number of nitrogens with one attached hydrogen (secondary N) is 1. The molecule has 168 valence electrons. The minimum atomic E-state index is -0.576. The Hall–Kier alpha value is -3.75. The van der Waals surface area contributed by atoms with Crippen LogP contribution in [0.25, 0.3) is 0 Å². The second-order valence-corrected chi connectivity index (χ2v) is 7.89. The normalized spacial score (nSPS) is 15.3. The maximum atomic E-state index is 13.1. The Morgan fingerprint density at radius 3 is 2.41 bits per heavy atom. The maximum Gasteiger partial charge on any atom is 0.272 e. The van der Waals surface area contributed by atoms with Gasteiger partial charge in [-0.05, 0) is 49.6 Å². The van der Waals surface area contributed by atoms with Gasteiger partial charge >= 0.3 is 0 Å². The summed E-state index contributed by atoms with van der Waals surface area (Å²) in [5.41, 5.74) is 2.10. The van der Waals surface area contributed by atoms with Crippen LogP contribution < -0.4 is 5.32 Å². The van der Waals surface area contributed by atoms with Gasteiger partial charge < -0.3 is 15.1 Å². The van der Waals surface area contributed by atoms with Gasteiger partial charge in [0, 0.05) is 49.9 Å². The Balaban J connectivity index is 1.70. The molecule has 1 heterocycles. The lowest BCUT2D eigenvalue weighted by atomic mass is 10.1. The summed E-state index contributed by atoms with van der Waals surface area (Å²) in [4.78, 5) is 51.5. The summed E-state index contributed by atoms with van der Waals surface area (Å²) in [6.45, 7) is 2.40. The summed E-state index contributed by atoms with van der Waals surface area (Å²) in [6, 6.07) is 10.7. The SMILES string of the molecule is CNC(=O)c1ccc(CN(C)C(=O)C2CCCN2C(=O)c2ccc([N+](=O)[O-])c(C)c2)cc1. The Morgan fingerprint density at radius 1 is 1.16 bits per heavy atom. The van der Waals surface area contributed by atoms with Crippen LogP contribution >= 0.6 is 0 Å². The fourth-order valence-corrected chi connectivity index (χ4v) is 3.94. The number of nitro groups is 1. The number of hydrogen-bond acceptors (Lipinski definition) is 5. The number of hydrogen-bond donors (Lipinski definition) is 1. The molecule has 1 aliphatic heterocycles. The Bertz CT molecular complexity index is 1050. The molecule has 0 aromatic heterocycles. The van der Waals surface area contributed by atoms with E-state index in [2.05, 4.69) is 5.32 Å². The van der Waals surface area contributed by atoms with Crippen LogP contribution in [0.3, 0.4) is 0 Å². The molecule has 1 aliphatic rings. The molecule has 9 nitrogen and oxygen atoms in total. The first-order valence-electron chi connectivity index (χ1n) is 10.3. The fourth-order valence-electron chi connectivity index (χ4n) is 3.94. The average Bonchev–Trinajstić information content (AvgIpc) is 3.27. The van der Waals surface area contributed by atoms with Crippen molar-refractivity contribution in [1.29, 1.82) is 0 Å². The highest BCUT2D eigenvalue weighted by molar-refractivity contribution is 5.98. The number of benzene rings is 2. The van der Waals surface area contributed by atoms with E-state index in [1.807, 2.05) is 0 Å². The summed E-state index contributed by atoms with van der Waals surface area (Å²) in [5, 5.41) is 13.6. The van der Waals surface area contributed by atoms with E-state index >= 15 is 0 Å². The summed E-state index contributed by atoms with van der Waals surface area (Å²) < 4.78 is 0. The lowest BCUT2D eigenvalue weighted by Crippen LogP contribution is -2.46. The second-order valence-electron chi connectivity index (χ2n) is 7.89. The molecule has 1 N–H and O–H groups in total. The lowest BCUT2D eigenvalue weighted by molar-refractivity contribution is -0.385. The van der Waals surface area contributed by atoms with E-state index in [-0.39, 0.29) is 23.4 Å². The van der Waals surface area contributed by atoms with Gasteiger partial charge in [-0.25, -0.2) is 0 Å². The van der Waals surface area contributed by atoms with Gasteiger partial charge in [0.1, 0.15) is 6.04 Å². The van der Waals surface area contributed by atoms with Crippen LogP contribution in [0.5, 0.6) is 0 Å². The van der Waals surface area contributed by atoms with Crippen molar-refractivity contribution in [3.05, 3.63) is 74.8 Å². The van der Waals surface area contributed by atoms with Gasteiger partial charge in [0.15, 0.2) is 0 Å². The van der Waals surface area contributed by atoms with Crippen LogP contribution in [0.15, 0.2) is 42.5 Å². The standard InChI is InChI=1S/C23H26N4O5/c1-15-13-18(10-11-19(15)27(31)32)22(29)26-12-4-5-20(26)23(30)25(3)14-16-6-8-17(9-7-16)21(28)24-2/h6-11,13,20H,4-5,12,14H2,1-3H3,(H,24,28). The van der Waals surface area contributed by atoms with Crippen LogP contribution in [0.2, 0.25) is 0 Å². The number of aryl methyl sites for hydroxylation is 1. The molecule has 1 saturated heterocycles. The highest BCUT2D eigenvalue weighted by Crippen LogP contribution is 2.25. The zero-order valence-corrected chi connectivity index (χ0v) is 18.3. The summed E-state index contributed by atoms with van der Waals surface area (Å²) in [7, 11) is 3.25. The first-order chi connectivity index (χ1) is 15.2. The van der Waals surface area contributed by atoms with Crippen molar-refractivity contribution in [2.24, 2.45) is 0 Å². The van der Waals surface area contributed by atoms with E-state index in [1.54, 1.807) is 55.1 Å². The molecule has 2 aromatic rings. The molecule has 1 unspecified atom stereocenters. The number of rotatable bonds is 6. The van der Waals surface area contributed by atoms with Crippen LogP contribution in [-0.4, -0.2) is 59.1 Å². The number of carbonyl (C=O) groups is 3. The third-order valence-corrected chi connectivity index (χ3v) is 5.68. The van der Waals surface area contributed by atoms with Crippen molar-refractivity contribution in [3.8, 4) is 0 Å². The molecular weight excluding hydrogens is 412 g/mol. The molecular formula is C23H26N4O5. The molecule has 9 heteroatoms. The maximum absolute atomic E-state index is 13.1. The summed E-state index contributed by atoms with van der Waals surface area (Å²) >= 11 is 0. The molecule has 2 aromatic carbocycles. The second kappa shape index (κ2) is 9.59. The zero-order valence-electron chi connectivity index (χ0n) is 18.3. The molecule has 1 atom stereocenters. The average molecular weight is 438 g/mol. The summed E-state index contributed by atoms with van der Waals surface area (Å²) in [5.74, 6) is -0.644. The number of amides is 3. The largest absolute Gasteiger partial charge is 0.355 e. The minimum Gasteiger partial charge on any atom is -0.355 e. The highest BCUT2D eigenvalue weighted by Gasteiger charge is 2.36. The predicted molar refractivity (Wildman–Crippen MR) is 118 cm³/mol. The van der Waals surface area contributed by atoms with Gasteiger partial charge in [-0.3, -0.25) is 24.5 Å². The van der Waals surface area contributed by atoms with E-state index < -0.39 is 11.0 Å². The van der Waals surface area contributed by atoms with Crippen molar-refractivity contribution < 1.29 is 19.3 Å². The molecule has 0 bridgehead atoms. The van der Waals surface area contributed by atoms with E-state index in [0.717, 1.165) is 5.56 Å². The number of carbonyl (C=O) groups excluding carboxylic acids is 3. The molecule has 0 saturated carbocycles. The Morgan fingerprint density at radius 2 is 1.81 bits per heavy atom. The van der Waals surface area contributed by atoms with Gasteiger partial charge in [0.25, 0.3) is 17.5 Å². The van der Waals surface area contributed by atoms with E-state index in [0.29, 0.717) is 42.6 Å². The van der Waals surface area contributed by atoms with Gasteiger partial charge in [-0.2, -0.15) is 0 Å². The monoisotopic (exact) mass is 438 g/mol. The fraction of sp³-hybridized carbons (Fsp3) is 0.348. The van der Waals surface area contributed by atoms with Gasteiger partial charge in [0.05, 0.1) is 4.92 Å². The third-order valence-electron chi connectivity index (χ3n) is 5.68. The first-order valence-corrected chi connectivity index (χ1v) is 10.3.